The van der Waals surface area contributed by atoms with Crippen molar-refractivity contribution < 1.29 is 45.3 Å². The number of hydrogen-bond acceptors (Lipinski definition) is 0. The van der Waals surface area contributed by atoms with E-state index in [0.29, 0.717) is 0 Å². The molecule has 6 rings (SSSR count). The normalized spacial score (nSPS) is 12.2. The van der Waals surface area contributed by atoms with E-state index in [1.54, 1.807) is 0 Å². The van der Waals surface area contributed by atoms with Crippen molar-refractivity contribution in [3.8, 4) is 0 Å². The van der Waals surface area contributed by atoms with Gasteiger partial charge in [-0.2, -0.15) is 12.1 Å². The van der Waals surface area contributed by atoms with Crippen molar-refractivity contribution in [3.05, 3.63) is 107 Å². The van der Waals surface area contributed by atoms with Gasteiger partial charge in [0.05, 0.1) is 0 Å². The van der Waals surface area contributed by atoms with Crippen LogP contribution in [-0.2, 0) is 33.3 Å². The Labute approximate surface area is 209 Å². The van der Waals surface area contributed by atoms with Gasteiger partial charge in [0.2, 0.25) is 0 Å². The van der Waals surface area contributed by atoms with E-state index in [0.717, 1.165) is 12.8 Å². The molecule has 2 heterocycles. The van der Waals surface area contributed by atoms with Gasteiger partial charge in [0, 0.05) is 0 Å². The Bertz CT molecular complexity index is 1090. The van der Waals surface area contributed by atoms with Crippen molar-refractivity contribution >= 4 is 32.4 Å². The molecule has 2 aliphatic heterocycles. The molecule has 0 amide bonds. The van der Waals surface area contributed by atoms with Crippen LogP contribution in [0, 0.1) is 0 Å². The number of rotatable bonds is 2. The Kier molecular flexibility index (Phi) is 11.0. The fraction of sp³-hybridized carbons (Fsp3) is 0.154. The van der Waals surface area contributed by atoms with Gasteiger partial charge in [-0.15, -0.1) is 81.2 Å². The SMILES string of the molecule is C1=C[Si]2=[Zr]=[Si]1C=C2.CCc1cc2ccccc2[cH-]1.CCc1cc2ccccc2[cH-]1.[Cl-].[Cl-]. The van der Waals surface area contributed by atoms with Gasteiger partial charge < -0.3 is 24.8 Å². The minimum atomic E-state index is 0. The fourth-order valence-corrected chi connectivity index (χ4v) is 31.5. The van der Waals surface area contributed by atoms with E-state index in [-0.39, 0.29) is 56.1 Å². The predicted molar refractivity (Wildman–Crippen MR) is 128 cm³/mol. The van der Waals surface area contributed by atoms with E-state index in [4.69, 9.17) is 0 Å². The molecule has 2 bridgehead atoms. The van der Waals surface area contributed by atoms with Gasteiger partial charge in [-0.1, -0.05) is 26.0 Å². The van der Waals surface area contributed by atoms with Crippen molar-refractivity contribution in [2.75, 3.05) is 0 Å². The molecule has 0 unspecified atom stereocenters. The molecule has 4 aromatic carbocycles. The minimum absolute atomic E-state index is 0. The second-order valence-electron chi connectivity index (χ2n) is 7.39. The summed E-state index contributed by atoms with van der Waals surface area (Å²) >= 11 is 0.243. The van der Waals surface area contributed by atoms with Crippen LogP contribution in [0.3, 0.4) is 0 Å². The van der Waals surface area contributed by atoms with E-state index >= 15 is 0 Å². The third-order valence-electron chi connectivity index (χ3n) is 5.35. The standard InChI is InChI=1S/2C11H11.C4H4Si2.2ClH.Zr/c2*1-2-9-7-10-5-3-4-6-11(10)8-9;1-2-6-4-3-5-1;;;/h2*3-8H,2H2,1H3;1-4H;2*1H;/q2*-1;;;;/p-2. The molecule has 0 aliphatic carbocycles. The Hall–Kier alpha value is -0.963. The molecule has 2 aliphatic rings. The van der Waals surface area contributed by atoms with Gasteiger partial charge >= 0.3 is 54.1 Å². The average molecular weight is 557 g/mol. The summed E-state index contributed by atoms with van der Waals surface area (Å²) < 4.78 is 0. The van der Waals surface area contributed by atoms with Gasteiger partial charge in [0.1, 0.15) is 0 Å². The summed E-state index contributed by atoms with van der Waals surface area (Å²) in [7, 11) is 0. The Balaban J connectivity index is 0.000000164. The van der Waals surface area contributed by atoms with Crippen LogP contribution in [0.2, 0.25) is 0 Å². The van der Waals surface area contributed by atoms with Gasteiger partial charge in [-0.05, 0) is 12.8 Å². The van der Waals surface area contributed by atoms with Gasteiger partial charge in [-0.3, -0.25) is 0 Å². The third-order valence-corrected chi connectivity index (χ3v) is 28.1. The quantitative estimate of drug-likeness (QED) is 0.251. The first kappa shape index (κ1) is 26.3. The molecule has 0 nitrogen and oxygen atoms in total. The number of benzene rings is 2. The van der Waals surface area contributed by atoms with Crippen LogP contribution >= 0.6 is 0 Å². The fourth-order valence-electron chi connectivity index (χ4n) is 3.64. The zero-order chi connectivity index (χ0) is 20.1. The summed E-state index contributed by atoms with van der Waals surface area (Å²) in [4.78, 5) is 0. The van der Waals surface area contributed by atoms with Gasteiger partial charge in [-0.25, -0.2) is 0 Å². The first-order valence-corrected chi connectivity index (χ1v) is 21.1. The maximum absolute atomic E-state index is 2.52. The van der Waals surface area contributed by atoms with Gasteiger partial charge in [0.15, 0.2) is 0 Å². The Morgan fingerprint density at radius 3 is 1.32 bits per heavy atom. The van der Waals surface area contributed by atoms with Crippen LogP contribution in [0.4, 0.5) is 0 Å². The molecule has 4 aromatic rings. The van der Waals surface area contributed by atoms with Crippen molar-refractivity contribution in [1.29, 1.82) is 0 Å². The Morgan fingerprint density at radius 1 is 0.645 bits per heavy atom. The summed E-state index contributed by atoms with van der Waals surface area (Å²) in [5, 5.41) is 5.46. The Morgan fingerprint density at radius 2 is 1.03 bits per heavy atom. The summed E-state index contributed by atoms with van der Waals surface area (Å²) in [6.45, 7) is 4.38. The second-order valence-corrected chi connectivity index (χ2v) is 25.6. The van der Waals surface area contributed by atoms with Crippen LogP contribution < -0.4 is 24.8 Å². The topological polar surface area (TPSA) is 0 Å². The van der Waals surface area contributed by atoms with Crippen molar-refractivity contribution in [1.82, 2.24) is 0 Å². The maximum Gasteiger partial charge on any atom is -0.0487 e. The maximum atomic E-state index is 2.52. The van der Waals surface area contributed by atoms with Crippen LogP contribution in [0.1, 0.15) is 25.0 Å². The zero-order valence-corrected chi connectivity index (χ0v) is 23.9. The number of aryl methyl sites for hydroxylation is 2. The average Bonchev–Trinajstić information content (AvgIpc) is 3.57. The molecular weight excluding hydrogens is 531 g/mol. The molecule has 0 atom stereocenters. The van der Waals surface area contributed by atoms with Crippen molar-refractivity contribution in [2.45, 2.75) is 26.7 Å². The summed E-state index contributed by atoms with van der Waals surface area (Å²) in [5.41, 5.74) is 13.3. The summed E-state index contributed by atoms with van der Waals surface area (Å²) in [5.74, 6) is 0. The van der Waals surface area contributed by atoms with E-state index in [2.05, 4.69) is 109 Å². The molecule has 0 aromatic heterocycles. The molecule has 0 saturated heterocycles. The first-order chi connectivity index (χ1) is 14.2. The van der Waals surface area contributed by atoms with E-state index in [1.165, 1.54) is 32.7 Å². The molecular formula is C26H26Cl2Si2Zr-4. The molecule has 5 heteroatoms. The molecule has 0 spiro atoms. The molecule has 0 fully saturated rings. The van der Waals surface area contributed by atoms with Crippen LogP contribution in [0.5, 0.6) is 0 Å². The molecule has 31 heavy (non-hydrogen) atoms. The van der Waals surface area contributed by atoms with Gasteiger partial charge in [0.25, 0.3) is 0 Å². The second kappa shape index (κ2) is 12.9. The van der Waals surface area contributed by atoms with Crippen LogP contribution in [0.25, 0.3) is 21.5 Å². The first-order valence-electron chi connectivity index (χ1n) is 10.4. The number of fused-ring (bicyclic) bond motifs is 2. The molecule has 0 saturated carbocycles. The largest absolute Gasteiger partial charge is 1.00 e. The summed E-state index contributed by atoms with van der Waals surface area (Å²) in [6.07, 6.45) is 2.27. The predicted octanol–water partition coefficient (Wildman–Crippen LogP) is 0.599. The van der Waals surface area contributed by atoms with Crippen LogP contribution in [-0.4, -0.2) is 10.9 Å². The number of halogens is 2. The van der Waals surface area contributed by atoms with E-state index < -0.39 is 0 Å². The summed E-state index contributed by atoms with van der Waals surface area (Å²) in [6, 6.07) is 26.0. The third kappa shape index (κ3) is 7.01. The van der Waals surface area contributed by atoms with Crippen molar-refractivity contribution in [2.24, 2.45) is 0 Å². The van der Waals surface area contributed by atoms with E-state index in [9.17, 15) is 0 Å². The minimum Gasteiger partial charge on any atom is -1.00 e. The smallest absolute Gasteiger partial charge is 0.0487 e. The zero-order valence-electron chi connectivity index (χ0n) is 17.9. The van der Waals surface area contributed by atoms with Crippen molar-refractivity contribution in [3.63, 3.8) is 0 Å². The van der Waals surface area contributed by atoms with E-state index in [1.807, 2.05) is 0 Å². The number of hydrogen-bond donors (Lipinski definition) is 0. The molecule has 0 radical (unpaired) electrons. The molecule has 160 valence electrons. The van der Waals surface area contributed by atoms with Crippen LogP contribution in [0.15, 0.2) is 95.6 Å². The molecule has 0 N–H and O–H groups in total. The monoisotopic (exact) mass is 554 g/mol.